The number of benzene rings is 1. The number of nitrogens with one attached hydrogen (secondary N) is 2. The number of nitrogens with two attached hydrogens (primary N) is 1. The minimum atomic E-state index is -1.19. The summed E-state index contributed by atoms with van der Waals surface area (Å²) in [5.41, 5.74) is 6.57. The highest BCUT2D eigenvalue weighted by molar-refractivity contribution is 5.86. The number of hydrogen-bond acceptors (Lipinski definition) is 3. The monoisotopic (exact) mass is 280 g/mol. The molecule has 19 heavy (non-hydrogen) atoms. The average Bonchev–Trinajstić information content (AvgIpc) is 2.68. The second-order valence-corrected chi connectivity index (χ2v) is 3.56. The van der Waals surface area contributed by atoms with Gasteiger partial charge in [-0.15, -0.1) is 12.4 Å². The first-order valence-electron chi connectivity index (χ1n) is 5.23. The third kappa shape index (κ3) is 4.04. The number of nitrogens with zero attached hydrogens (tertiary/aromatic N) is 1. The van der Waals surface area contributed by atoms with Crippen LogP contribution in [0.2, 0.25) is 0 Å². The Morgan fingerprint density at radius 1 is 1.32 bits per heavy atom. The quantitative estimate of drug-likeness (QED) is 0.694. The third-order valence-electron chi connectivity index (χ3n) is 2.22. The van der Waals surface area contributed by atoms with Crippen LogP contribution in [0.5, 0.6) is 0 Å². The molecule has 0 aliphatic carbocycles. The van der Waals surface area contributed by atoms with E-state index in [1.165, 1.54) is 0 Å². The summed E-state index contributed by atoms with van der Waals surface area (Å²) in [6.45, 7) is 0. The number of hydrogen-bond donors (Lipinski definition) is 4. The zero-order valence-electron chi connectivity index (χ0n) is 9.83. The number of rotatable bonds is 3. The van der Waals surface area contributed by atoms with Crippen molar-refractivity contribution in [3.63, 3.8) is 0 Å². The number of carboxylic acid groups (broad SMARTS) is 1. The molecule has 0 unspecified atom stereocenters. The van der Waals surface area contributed by atoms with Gasteiger partial charge in [-0.1, -0.05) is 36.4 Å². The van der Waals surface area contributed by atoms with E-state index in [0.29, 0.717) is 5.82 Å². The molecule has 0 saturated heterocycles. The van der Waals surface area contributed by atoms with E-state index in [0.717, 1.165) is 5.56 Å². The lowest BCUT2D eigenvalue weighted by Gasteiger charge is -1.95. The van der Waals surface area contributed by atoms with Gasteiger partial charge in [0.15, 0.2) is 11.6 Å². The summed E-state index contributed by atoms with van der Waals surface area (Å²) in [5, 5.41) is 10.7. The molecule has 1 heterocycles. The topological polar surface area (TPSA) is 104 Å². The predicted octanol–water partition coefficient (Wildman–Crippen LogP) is 2.67. The van der Waals surface area contributed by atoms with Crippen molar-refractivity contribution in [2.75, 3.05) is 11.1 Å². The number of imidazole rings is 1. The van der Waals surface area contributed by atoms with Gasteiger partial charge >= 0.3 is 6.09 Å². The van der Waals surface area contributed by atoms with Gasteiger partial charge in [0.05, 0.1) is 0 Å². The van der Waals surface area contributed by atoms with Crippen LogP contribution < -0.4 is 11.1 Å². The number of halogens is 1. The Bertz CT molecular complexity index is 581. The van der Waals surface area contributed by atoms with Crippen LogP contribution in [0.15, 0.2) is 30.3 Å². The maximum Gasteiger partial charge on any atom is 0.410 e. The molecule has 0 saturated carbocycles. The molecule has 100 valence electrons. The fourth-order valence-electron chi connectivity index (χ4n) is 1.43. The van der Waals surface area contributed by atoms with Crippen molar-refractivity contribution >= 4 is 42.3 Å². The molecule has 0 radical (unpaired) electrons. The van der Waals surface area contributed by atoms with Gasteiger partial charge in [0.25, 0.3) is 0 Å². The molecule has 2 rings (SSSR count). The summed E-state index contributed by atoms with van der Waals surface area (Å²) < 4.78 is 0. The van der Waals surface area contributed by atoms with Gasteiger partial charge in [-0.3, -0.25) is 5.32 Å². The van der Waals surface area contributed by atoms with Gasteiger partial charge in [-0.2, -0.15) is 0 Å². The zero-order valence-corrected chi connectivity index (χ0v) is 10.6. The lowest BCUT2D eigenvalue weighted by molar-refractivity contribution is 0.209. The molecular weight excluding hydrogens is 268 g/mol. The second kappa shape index (κ2) is 6.46. The first-order chi connectivity index (χ1) is 8.65. The van der Waals surface area contributed by atoms with Gasteiger partial charge in [0, 0.05) is 0 Å². The highest BCUT2D eigenvalue weighted by atomic mass is 35.5. The Hall–Kier alpha value is -2.47. The molecule has 7 heteroatoms. The summed E-state index contributed by atoms with van der Waals surface area (Å²) >= 11 is 0. The number of H-pyrrole nitrogens is 1. The van der Waals surface area contributed by atoms with Crippen molar-refractivity contribution in [1.82, 2.24) is 9.97 Å². The SMILES string of the molecule is Cl.Nc1nc(C=Cc2ccccc2)[nH]c1NC(=O)O. The molecule has 6 nitrogen and oxygen atoms in total. The fraction of sp³-hybridized carbons (Fsp3) is 0. The minimum absolute atomic E-state index is 0. The summed E-state index contributed by atoms with van der Waals surface area (Å²) in [4.78, 5) is 17.2. The van der Waals surface area contributed by atoms with Gasteiger partial charge in [-0.25, -0.2) is 9.78 Å². The van der Waals surface area contributed by atoms with Crippen molar-refractivity contribution < 1.29 is 9.90 Å². The highest BCUT2D eigenvalue weighted by Gasteiger charge is 2.07. The molecule has 0 bridgehead atoms. The van der Waals surface area contributed by atoms with E-state index in [1.807, 2.05) is 36.4 Å². The lowest BCUT2D eigenvalue weighted by atomic mass is 10.2. The largest absolute Gasteiger partial charge is 0.465 e. The van der Waals surface area contributed by atoms with Crippen molar-refractivity contribution in [2.24, 2.45) is 0 Å². The summed E-state index contributed by atoms with van der Waals surface area (Å²) in [5.74, 6) is 0.778. The molecule has 0 atom stereocenters. The smallest absolute Gasteiger partial charge is 0.410 e. The summed E-state index contributed by atoms with van der Waals surface area (Å²) in [6.07, 6.45) is 2.38. The molecule has 1 amide bonds. The van der Waals surface area contributed by atoms with E-state index >= 15 is 0 Å². The fourth-order valence-corrected chi connectivity index (χ4v) is 1.43. The van der Waals surface area contributed by atoms with E-state index in [1.54, 1.807) is 6.08 Å². The first-order valence-corrected chi connectivity index (χ1v) is 5.23. The molecular formula is C12H13ClN4O2. The Balaban J connectivity index is 0.00000180. The Labute approximate surface area is 115 Å². The summed E-state index contributed by atoms with van der Waals surface area (Å²) in [7, 11) is 0. The van der Waals surface area contributed by atoms with Crippen LogP contribution in [0, 0.1) is 0 Å². The number of aromatic amines is 1. The Morgan fingerprint density at radius 2 is 2.00 bits per heavy atom. The average molecular weight is 281 g/mol. The first kappa shape index (κ1) is 14.6. The Kier molecular flexibility index (Phi) is 4.96. The number of nitrogen functional groups attached to an aromatic ring is 1. The normalized spacial score (nSPS) is 10.1. The van der Waals surface area contributed by atoms with Crippen molar-refractivity contribution in [3.05, 3.63) is 41.7 Å². The van der Waals surface area contributed by atoms with Crippen molar-refractivity contribution in [1.29, 1.82) is 0 Å². The molecule has 1 aromatic heterocycles. The Morgan fingerprint density at radius 3 is 2.63 bits per heavy atom. The standard InChI is InChI=1S/C12H12N4O2.ClH/c13-10-11(16-12(17)18)15-9(14-10)7-6-8-4-2-1-3-5-8;/h1-7,16H,13H2,(H,14,15)(H,17,18);1H. The minimum Gasteiger partial charge on any atom is -0.465 e. The van der Waals surface area contributed by atoms with E-state index < -0.39 is 6.09 Å². The third-order valence-corrected chi connectivity index (χ3v) is 2.22. The van der Waals surface area contributed by atoms with Crippen LogP contribution in [0.1, 0.15) is 11.4 Å². The van der Waals surface area contributed by atoms with Crippen LogP contribution in [-0.4, -0.2) is 21.2 Å². The van der Waals surface area contributed by atoms with E-state index in [2.05, 4.69) is 15.3 Å². The molecule has 2 aromatic rings. The molecule has 0 aliphatic rings. The van der Waals surface area contributed by atoms with Gasteiger partial charge < -0.3 is 15.8 Å². The number of anilines is 2. The van der Waals surface area contributed by atoms with E-state index in [4.69, 9.17) is 10.8 Å². The van der Waals surface area contributed by atoms with Crippen molar-refractivity contribution in [2.45, 2.75) is 0 Å². The maximum atomic E-state index is 10.5. The van der Waals surface area contributed by atoms with Gasteiger partial charge in [0.1, 0.15) is 5.82 Å². The number of carbonyl (C=O) groups is 1. The summed E-state index contributed by atoms with van der Waals surface area (Å²) in [6, 6.07) is 9.66. The highest BCUT2D eigenvalue weighted by Crippen LogP contribution is 2.16. The number of amides is 1. The van der Waals surface area contributed by atoms with Crippen LogP contribution in [-0.2, 0) is 0 Å². The molecule has 5 N–H and O–H groups in total. The van der Waals surface area contributed by atoms with Crippen LogP contribution in [0.25, 0.3) is 12.2 Å². The maximum absolute atomic E-state index is 10.5. The number of aromatic nitrogens is 2. The lowest BCUT2D eigenvalue weighted by Crippen LogP contribution is -2.09. The predicted molar refractivity (Wildman–Crippen MR) is 77.3 cm³/mol. The zero-order chi connectivity index (χ0) is 13.0. The molecule has 0 fully saturated rings. The van der Waals surface area contributed by atoms with Crippen LogP contribution in [0.4, 0.5) is 16.4 Å². The van der Waals surface area contributed by atoms with Crippen LogP contribution in [0.3, 0.4) is 0 Å². The molecule has 0 aliphatic heterocycles. The second-order valence-electron chi connectivity index (χ2n) is 3.56. The van der Waals surface area contributed by atoms with Crippen LogP contribution >= 0.6 is 12.4 Å². The molecule has 1 aromatic carbocycles. The van der Waals surface area contributed by atoms with Crippen molar-refractivity contribution in [3.8, 4) is 0 Å². The van der Waals surface area contributed by atoms with E-state index in [-0.39, 0.29) is 24.0 Å². The molecule has 0 spiro atoms. The van der Waals surface area contributed by atoms with E-state index in [9.17, 15) is 4.79 Å². The van der Waals surface area contributed by atoms with Gasteiger partial charge in [-0.05, 0) is 11.6 Å². The van der Waals surface area contributed by atoms with Gasteiger partial charge in [0.2, 0.25) is 0 Å².